The van der Waals surface area contributed by atoms with Crippen molar-refractivity contribution in [1.29, 1.82) is 0 Å². The van der Waals surface area contributed by atoms with Crippen molar-refractivity contribution in [1.82, 2.24) is 0 Å². The molecular formula is C10H16N2Na2O10Zn. The summed E-state index contributed by atoms with van der Waals surface area (Å²) in [5, 5.41) is 42.5. The number of hydrogen-bond donors (Lipinski definition) is 2. The molecule has 0 bridgehead atoms. The van der Waals surface area contributed by atoms with Gasteiger partial charge < -0.3 is 62.0 Å². The second-order valence-corrected chi connectivity index (χ2v) is 4.51. The quantitative estimate of drug-likeness (QED) is 0.322. The standard InChI is InChI=1S/C10H16N2O8.2Na.2H2O.Zn/c11-9(1-5(13)14,2-6(15)16)10(12,3-7(17)18)4-8(19)20;;;;;/h1-4,11-12H2,(H,13,14)(H,15,16)(H,17,18)(H,19,20);;;2*1H2;/q;2*+1;;;+2/p-4. The molecule has 0 spiro atoms. The van der Waals surface area contributed by atoms with Crippen molar-refractivity contribution in [2.75, 3.05) is 0 Å². The zero-order valence-electron chi connectivity index (χ0n) is 14.0. The van der Waals surface area contributed by atoms with Crippen LogP contribution in [0.1, 0.15) is 25.7 Å². The third-order valence-corrected chi connectivity index (χ3v) is 2.83. The molecule has 0 radical (unpaired) electrons. The molecule has 0 atom stereocenters. The van der Waals surface area contributed by atoms with Crippen molar-refractivity contribution in [3.8, 4) is 0 Å². The van der Waals surface area contributed by atoms with E-state index in [1.807, 2.05) is 0 Å². The molecule has 130 valence electrons. The third kappa shape index (κ3) is 14.1. The number of carboxylic acids is 4. The normalized spacial score (nSPS) is 9.52. The molecule has 12 nitrogen and oxygen atoms in total. The molecule has 25 heavy (non-hydrogen) atoms. The summed E-state index contributed by atoms with van der Waals surface area (Å²) in [5.41, 5.74) is 6.20. The minimum Gasteiger partial charge on any atom is -0.550 e. The summed E-state index contributed by atoms with van der Waals surface area (Å²) < 4.78 is 0. The fraction of sp³-hybridized carbons (Fsp3) is 0.600. The van der Waals surface area contributed by atoms with E-state index in [1.54, 1.807) is 0 Å². The van der Waals surface area contributed by atoms with Gasteiger partial charge in [0.25, 0.3) is 0 Å². The maximum atomic E-state index is 10.6. The van der Waals surface area contributed by atoms with Crippen LogP contribution in [0.3, 0.4) is 0 Å². The van der Waals surface area contributed by atoms with E-state index >= 15 is 0 Å². The Morgan fingerprint density at radius 1 is 0.600 bits per heavy atom. The molecule has 15 heteroatoms. The van der Waals surface area contributed by atoms with Gasteiger partial charge in [-0.1, -0.05) is 0 Å². The monoisotopic (exact) mass is 434 g/mol. The second-order valence-electron chi connectivity index (χ2n) is 4.51. The van der Waals surface area contributed by atoms with E-state index in [0.717, 1.165) is 0 Å². The summed E-state index contributed by atoms with van der Waals surface area (Å²) in [6, 6.07) is 0. The number of carboxylic acid groups (broad SMARTS) is 4. The number of carbonyl (C=O) groups excluding carboxylic acids is 4. The van der Waals surface area contributed by atoms with Gasteiger partial charge in [-0.05, 0) is 0 Å². The fourth-order valence-electron chi connectivity index (χ4n) is 1.86. The van der Waals surface area contributed by atoms with Crippen LogP contribution in [0.15, 0.2) is 0 Å². The average molecular weight is 436 g/mol. The zero-order valence-corrected chi connectivity index (χ0v) is 20.9. The second kappa shape index (κ2) is 16.5. The molecule has 0 aliphatic heterocycles. The Hall–Kier alpha value is 0.343. The van der Waals surface area contributed by atoms with Crippen molar-refractivity contribution in [2.24, 2.45) is 11.5 Å². The minimum absolute atomic E-state index is 0. The Labute approximate surface area is 199 Å². The molecule has 0 heterocycles. The summed E-state index contributed by atoms with van der Waals surface area (Å²) in [7, 11) is 0. The van der Waals surface area contributed by atoms with Gasteiger partial charge in [-0.2, -0.15) is 0 Å². The van der Waals surface area contributed by atoms with Crippen LogP contribution in [0.4, 0.5) is 0 Å². The SMILES string of the molecule is NC(CC(=O)[O-])(CC(=O)[O-])C(N)(CC(=O)[O-])CC(=O)[O-].O.O.[Na+].[Na+].[Zn+2]. The Kier molecular flexibility index (Phi) is 26.5. The molecule has 0 aliphatic rings. The van der Waals surface area contributed by atoms with Crippen molar-refractivity contribution in [2.45, 2.75) is 36.8 Å². The van der Waals surface area contributed by atoms with Gasteiger partial charge in [0, 0.05) is 60.6 Å². The summed E-state index contributed by atoms with van der Waals surface area (Å²) in [5.74, 6) is -7.33. The van der Waals surface area contributed by atoms with Gasteiger partial charge in [-0.15, -0.1) is 0 Å². The Morgan fingerprint density at radius 3 is 0.800 bits per heavy atom. The van der Waals surface area contributed by atoms with Gasteiger partial charge in [0.05, 0.1) is 0 Å². The van der Waals surface area contributed by atoms with E-state index in [0.29, 0.717) is 0 Å². The first-order valence-corrected chi connectivity index (χ1v) is 5.29. The zero-order chi connectivity index (χ0) is 16.1. The molecule has 0 saturated carbocycles. The molecule has 0 saturated heterocycles. The third-order valence-electron chi connectivity index (χ3n) is 2.83. The van der Waals surface area contributed by atoms with Crippen LogP contribution in [-0.4, -0.2) is 45.9 Å². The van der Waals surface area contributed by atoms with Gasteiger partial charge >= 0.3 is 78.6 Å². The van der Waals surface area contributed by atoms with Crippen LogP contribution in [0.25, 0.3) is 0 Å². The minimum atomic E-state index is -2.43. The molecule has 0 aromatic carbocycles. The summed E-state index contributed by atoms with van der Waals surface area (Å²) in [4.78, 5) is 42.5. The van der Waals surface area contributed by atoms with Gasteiger partial charge in [0.15, 0.2) is 0 Å². The summed E-state index contributed by atoms with van der Waals surface area (Å²) in [6.45, 7) is 0. The molecular weight excluding hydrogens is 419 g/mol. The van der Waals surface area contributed by atoms with Crippen molar-refractivity contribution >= 4 is 23.9 Å². The molecule has 0 rings (SSSR count). The molecule has 8 N–H and O–H groups in total. The summed E-state index contributed by atoms with van der Waals surface area (Å²) >= 11 is 0. The van der Waals surface area contributed by atoms with E-state index in [4.69, 9.17) is 11.5 Å². The van der Waals surface area contributed by atoms with Crippen LogP contribution in [0.5, 0.6) is 0 Å². The number of carbonyl (C=O) groups is 4. The predicted octanol–water partition coefficient (Wildman–Crippen LogP) is -14.7. The van der Waals surface area contributed by atoms with E-state index in [2.05, 4.69) is 0 Å². The Balaban J connectivity index is -0.000000180. The van der Waals surface area contributed by atoms with Crippen molar-refractivity contribution in [3.05, 3.63) is 0 Å². The molecule has 0 aliphatic carbocycles. The van der Waals surface area contributed by atoms with Crippen LogP contribution in [-0.2, 0) is 38.7 Å². The van der Waals surface area contributed by atoms with Crippen LogP contribution in [0.2, 0.25) is 0 Å². The first-order chi connectivity index (χ1) is 8.92. The smallest absolute Gasteiger partial charge is 0.550 e. The Bertz CT molecular complexity index is 379. The topological polar surface area (TPSA) is 276 Å². The van der Waals surface area contributed by atoms with Crippen LogP contribution in [0, 0.1) is 0 Å². The average Bonchev–Trinajstić information content (AvgIpc) is 2.10. The maximum Gasteiger partial charge on any atom is 2.00 e. The Morgan fingerprint density at radius 2 is 0.720 bits per heavy atom. The van der Waals surface area contributed by atoms with E-state index in [9.17, 15) is 39.6 Å². The number of hydrogen-bond acceptors (Lipinski definition) is 10. The largest absolute Gasteiger partial charge is 2.00 e. The van der Waals surface area contributed by atoms with Crippen molar-refractivity contribution < 1.29 is 129 Å². The number of rotatable bonds is 9. The first-order valence-electron chi connectivity index (χ1n) is 5.29. The number of aliphatic carboxylic acids is 4. The summed E-state index contributed by atoms with van der Waals surface area (Å²) in [6.07, 6.45) is -4.73. The molecule has 0 fully saturated rings. The fourth-order valence-corrected chi connectivity index (χ4v) is 1.86. The van der Waals surface area contributed by atoms with Gasteiger partial charge in [0.1, 0.15) is 0 Å². The molecule has 0 aromatic rings. The molecule has 0 amide bonds. The van der Waals surface area contributed by atoms with E-state index in [1.165, 1.54) is 0 Å². The molecule has 0 unspecified atom stereocenters. The number of nitrogens with two attached hydrogens (primary N) is 2. The van der Waals surface area contributed by atoms with E-state index < -0.39 is 60.6 Å². The maximum absolute atomic E-state index is 10.6. The van der Waals surface area contributed by atoms with Crippen LogP contribution < -0.4 is 91.0 Å². The van der Waals surface area contributed by atoms with Gasteiger partial charge in [-0.25, -0.2) is 0 Å². The first kappa shape index (κ1) is 40.1. The van der Waals surface area contributed by atoms with Gasteiger partial charge in [-0.3, -0.25) is 0 Å². The van der Waals surface area contributed by atoms with E-state index in [-0.39, 0.29) is 89.5 Å². The molecule has 0 aromatic heterocycles. The van der Waals surface area contributed by atoms with Gasteiger partial charge in [0.2, 0.25) is 0 Å². The van der Waals surface area contributed by atoms with Crippen LogP contribution >= 0.6 is 0 Å². The predicted molar refractivity (Wildman–Crippen MR) is 59.6 cm³/mol. The van der Waals surface area contributed by atoms with Crippen molar-refractivity contribution in [3.63, 3.8) is 0 Å².